The molecule has 0 saturated carbocycles. The van der Waals surface area contributed by atoms with Crippen molar-refractivity contribution < 1.29 is 18.8 Å². The molecule has 0 atom stereocenters. The number of aromatic nitrogens is 1. The van der Waals surface area contributed by atoms with Crippen LogP contribution in [-0.2, 0) is 11.3 Å². The molecule has 1 N–H and O–H groups in total. The summed E-state index contributed by atoms with van der Waals surface area (Å²) >= 11 is 0. The molecule has 1 heterocycles. The van der Waals surface area contributed by atoms with Crippen molar-refractivity contribution in [3.05, 3.63) is 34.4 Å². The van der Waals surface area contributed by atoms with Crippen LogP contribution in [0.5, 0.6) is 0 Å². The molecule has 0 aliphatic heterocycles. The summed E-state index contributed by atoms with van der Waals surface area (Å²) in [6.45, 7) is -0.574. The number of nitrogens with zero attached hydrogens (tertiary/aromatic N) is 1. The highest BCUT2D eigenvalue weighted by molar-refractivity contribution is 5.76. The summed E-state index contributed by atoms with van der Waals surface area (Å²) in [6, 6.07) is 3.43. The topological polar surface area (TPSA) is 72.4 Å². The average molecular weight is 211 g/mol. The average Bonchev–Trinajstić information content (AvgIpc) is 2.44. The fraction of sp³-hybridized carbons (Fsp3) is 0.111. The van der Waals surface area contributed by atoms with Crippen molar-refractivity contribution in [2.24, 2.45) is 0 Å². The zero-order chi connectivity index (χ0) is 11.0. The maximum atomic E-state index is 12.8. The Morgan fingerprint density at radius 3 is 2.93 bits per heavy atom. The molecule has 2 aromatic rings. The Bertz CT molecular complexity index is 583. The van der Waals surface area contributed by atoms with E-state index in [0.29, 0.717) is 4.74 Å². The first kappa shape index (κ1) is 9.45. The van der Waals surface area contributed by atoms with E-state index < -0.39 is 23.9 Å². The van der Waals surface area contributed by atoms with Gasteiger partial charge in [-0.1, -0.05) is 0 Å². The van der Waals surface area contributed by atoms with E-state index in [1.54, 1.807) is 0 Å². The fourth-order valence-electron chi connectivity index (χ4n) is 1.27. The van der Waals surface area contributed by atoms with Gasteiger partial charge in [-0.15, -0.1) is 0 Å². The molecule has 0 aliphatic rings. The van der Waals surface area contributed by atoms with Crippen LogP contribution in [0.15, 0.2) is 27.5 Å². The predicted octanol–water partition coefficient (Wildman–Crippen LogP) is 0.818. The third kappa shape index (κ3) is 1.61. The third-order valence-electron chi connectivity index (χ3n) is 1.89. The van der Waals surface area contributed by atoms with Gasteiger partial charge in [0.15, 0.2) is 12.1 Å². The van der Waals surface area contributed by atoms with Crippen LogP contribution in [0.4, 0.5) is 4.39 Å². The molecule has 2 rings (SSSR count). The van der Waals surface area contributed by atoms with Gasteiger partial charge in [0.25, 0.3) is 5.56 Å². The van der Waals surface area contributed by atoms with Crippen LogP contribution in [0.25, 0.3) is 11.0 Å². The zero-order valence-corrected chi connectivity index (χ0v) is 7.44. The van der Waals surface area contributed by atoms with E-state index in [1.165, 1.54) is 6.07 Å². The quantitative estimate of drug-likeness (QED) is 0.798. The minimum atomic E-state index is -1.20. The second kappa shape index (κ2) is 3.23. The molecule has 78 valence electrons. The Labute approximate surface area is 82.3 Å². The first-order valence-electron chi connectivity index (χ1n) is 4.09. The summed E-state index contributed by atoms with van der Waals surface area (Å²) in [5, 5.41) is 8.52. The number of fused-ring (bicyclic) bond motifs is 1. The van der Waals surface area contributed by atoms with E-state index in [9.17, 15) is 14.0 Å². The molecule has 5 nitrogen and oxygen atoms in total. The van der Waals surface area contributed by atoms with Crippen LogP contribution in [0.3, 0.4) is 0 Å². The molecule has 0 fully saturated rings. The highest BCUT2D eigenvalue weighted by Gasteiger charge is 2.11. The Kier molecular flexibility index (Phi) is 2.03. The molecule has 15 heavy (non-hydrogen) atoms. The van der Waals surface area contributed by atoms with Gasteiger partial charge in [-0.3, -0.25) is 9.59 Å². The monoisotopic (exact) mass is 211 g/mol. The SMILES string of the molecule is O=C(O)Cn1oc2ccc(F)cc2c1=O. The van der Waals surface area contributed by atoms with Gasteiger partial charge in [-0.2, -0.15) is 4.74 Å². The van der Waals surface area contributed by atoms with E-state index >= 15 is 0 Å². The Hall–Kier alpha value is -2.11. The fourth-order valence-corrected chi connectivity index (χ4v) is 1.27. The van der Waals surface area contributed by atoms with Crippen LogP contribution in [-0.4, -0.2) is 15.8 Å². The van der Waals surface area contributed by atoms with Crippen molar-refractivity contribution in [1.29, 1.82) is 0 Å². The summed E-state index contributed by atoms with van der Waals surface area (Å²) in [7, 11) is 0. The summed E-state index contributed by atoms with van der Waals surface area (Å²) in [5.41, 5.74) is -0.477. The molecule has 1 aromatic heterocycles. The van der Waals surface area contributed by atoms with Crippen LogP contribution >= 0.6 is 0 Å². The normalized spacial score (nSPS) is 10.7. The van der Waals surface area contributed by atoms with Crippen molar-refractivity contribution in [2.75, 3.05) is 0 Å². The van der Waals surface area contributed by atoms with Crippen LogP contribution in [0.1, 0.15) is 0 Å². The molecule has 0 unspecified atom stereocenters. The maximum Gasteiger partial charge on any atom is 0.326 e. The number of hydrogen-bond acceptors (Lipinski definition) is 3. The second-order valence-electron chi connectivity index (χ2n) is 2.97. The molecule has 6 heteroatoms. The van der Waals surface area contributed by atoms with Gasteiger partial charge < -0.3 is 9.63 Å². The summed E-state index contributed by atoms with van der Waals surface area (Å²) in [6.07, 6.45) is 0. The Morgan fingerprint density at radius 1 is 1.53 bits per heavy atom. The summed E-state index contributed by atoms with van der Waals surface area (Å²) in [5.74, 6) is -1.76. The molecule has 0 spiro atoms. The number of hydrogen-bond donors (Lipinski definition) is 1. The maximum absolute atomic E-state index is 12.8. The molecule has 0 bridgehead atoms. The minimum absolute atomic E-state index is 0.0382. The van der Waals surface area contributed by atoms with E-state index in [1.807, 2.05) is 0 Å². The van der Waals surface area contributed by atoms with E-state index in [-0.39, 0.29) is 11.0 Å². The Balaban J connectivity index is 2.65. The number of carbonyl (C=O) groups is 1. The van der Waals surface area contributed by atoms with Gasteiger partial charge in [0.05, 0.1) is 5.39 Å². The summed E-state index contributed by atoms with van der Waals surface area (Å²) in [4.78, 5) is 21.8. The van der Waals surface area contributed by atoms with Gasteiger partial charge >= 0.3 is 5.97 Å². The van der Waals surface area contributed by atoms with Crippen molar-refractivity contribution >= 4 is 16.9 Å². The number of halogens is 1. The smallest absolute Gasteiger partial charge is 0.326 e. The number of carboxylic acids is 1. The van der Waals surface area contributed by atoms with E-state index in [2.05, 4.69) is 0 Å². The molecule has 0 radical (unpaired) electrons. The van der Waals surface area contributed by atoms with Crippen LogP contribution < -0.4 is 5.56 Å². The highest BCUT2D eigenvalue weighted by atomic mass is 19.1. The predicted molar refractivity (Wildman–Crippen MR) is 48.1 cm³/mol. The van der Waals surface area contributed by atoms with E-state index in [0.717, 1.165) is 12.1 Å². The molecule has 1 aromatic carbocycles. The lowest BCUT2D eigenvalue weighted by molar-refractivity contribution is -0.138. The number of aliphatic carboxylic acids is 1. The number of benzene rings is 1. The van der Waals surface area contributed by atoms with E-state index in [4.69, 9.17) is 9.63 Å². The third-order valence-corrected chi connectivity index (χ3v) is 1.89. The minimum Gasteiger partial charge on any atom is -0.480 e. The molecule has 0 aliphatic carbocycles. The molecule has 0 amide bonds. The van der Waals surface area contributed by atoms with Crippen LogP contribution in [0, 0.1) is 5.82 Å². The lowest BCUT2D eigenvalue weighted by atomic mass is 10.2. The Morgan fingerprint density at radius 2 is 2.27 bits per heavy atom. The van der Waals surface area contributed by atoms with Crippen molar-refractivity contribution in [1.82, 2.24) is 4.74 Å². The van der Waals surface area contributed by atoms with Crippen molar-refractivity contribution in [2.45, 2.75) is 6.54 Å². The number of rotatable bonds is 2. The van der Waals surface area contributed by atoms with Crippen LogP contribution in [0.2, 0.25) is 0 Å². The number of carboxylic acid groups (broad SMARTS) is 1. The van der Waals surface area contributed by atoms with Crippen molar-refractivity contribution in [3.63, 3.8) is 0 Å². The lowest BCUT2D eigenvalue weighted by Crippen LogP contribution is -2.19. The molecule has 0 saturated heterocycles. The second-order valence-corrected chi connectivity index (χ2v) is 2.97. The molecular weight excluding hydrogens is 205 g/mol. The van der Waals surface area contributed by atoms with Gasteiger partial charge in [0.1, 0.15) is 5.82 Å². The zero-order valence-electron chi connectivity index (χ0n) is 7.44. The van der Waals surface area contributed by atoms with Gasteiger partial charge in [-0.25, -0.2) is 4.39 Å². The first-order valence-corrected chi connectivity index (χ1v) is 4.09. The van der Waals surface area contributed by atoms with Gasteiger partial charge in [-0.05, 0) is 18.2 Å². The largest absolute Gasteiger partial charge is 0.480 e. The lowest BCUT2D eigenvalue weighted by Gasteiger charge is -1.91. The van der Waals surface area contributed by atoms with Crippen molar-refractivity contribution in [3.8, 4) is 0 Å². The van der Waals surface area contributed by atoms with Gasteiger partial charge in [0, 0.05) is 0 Å². The highest BCUT2D eigenvalue weighted by Crippen LogP contribution is 2.12. The first-order chi connectivity index (χ1) is 7.08. The molecular formula is C9H6FNO4. The standard InChI is InChI=1S/C9H6FNO4/c10-5-1-2-7-6(3-5)9(14)11(15-7)4-8(12)13/h1-3H,4H2,(H,12,13). The van der Waals surface area contributed by atoms with Gasteiger partial charge in [0.2, 0.25) is 0 Å². The summed E-state index contributed by atoms with van der Waals surface area (Å²) < 4.78 is 18.4.